The fraction of sp³-hybridized carbons (Fsp3) is 0.417. The highest BCUT2D eigenvalue weighted by Crippen LogP contribution is 2.25. The minimum absolute atomic E-state index is 0.125. The topological polar surface area (TPSA) is 54.0 Å². The second-order valence-electron chi connectivity index (χ2n) is 3.30. The van der Waals surface area contributed by atoms with Crippen molar-refractivity contribution in [2.45, 2.75) is 13.5 Å². The van der Waals surface area contributed by atoms with Crippen LogP contribution in [0.5, 0.6) is 11.5 Å². The number of benzene rings is 1. The molecule has 5 nitrogen and oxygen atoms in total. The van der Waals surface area contributed by atoms with Gasteiger partial charge in [0.2, 0.25) is 0 Å². The van der Waals surface area contributed by atoms with Gasteiger partial charge in [-0.1, -0.05) is 0 Å². The zero-order chi connectivity index (χ0) is 12.7. The summed E-state index contributed by atoms with van der Waals surface area (Å²) in [5.41, 5.74) is 0.762. The van der Waals surface area contributed by atoms with Crippen LogP contribution in [0, 0.1) is 0 Å². The molecule has 0 fully saturated rings. The van der Waals surface area contributed by atoms with E-state index in [1.165, 1.54) is 14.0 Å². The molecule has 17 heavy (non-hydrogen) atoms. The van der Waals surface area contributed by atoms with Crippen LogP contribution in [0.1, 0.15) is 12.5 Å². The first-order valence-corrected chi connectivity index (χ1v) is 5.09. The van der Waals surface area contributed by atoms with Gasteiger partial charge < -0.3 is 18.9 Å². The molecule has 0 radical (unpaired) electrons. The van der Waals surface area contributed by atoms with Crippen molar-refractivity contribution in [1.29, 1.82) is 0 Å². The van der Waals surface area contributed by atoms with Crippen LogP contribution in [-0.4, -0.2) is 27.0 Å². The SMILES string of the molecule is COCOc1cc(OC)ccc1COC(C)=O. The number of carbonyl (C=O) groups excluding carboxylic acids is 1. The summed E-state index contributed by atoms with van der Waals surface area (Å²) in [7, 11) is 3.10. The summed E-state index contributed by atoms with van der Waals surface area (Å²) in [4.78, 5) is 10.8. The fourth-order valence-corrected chi connectivity index (χ4v) is 1.22. The van der Waals surface area contributed by atoms with Crippen molar-refractivity contribution in [2.75, 3.05) is 21.0 Å². The molecule has 0 N–H and O–H groups in total. The van der Waals surface area contributed by atoms with Gasteiger partial charge in [0.15, 0.2) is 6.79 Å². The van der Waals surface area contributed by atoms with Crippen LogP contribution in [0.4, 0.5) is 0 Å². The van der Waals surface area contributed by atoms with Crippen LogP contribution in [0.2, 0.25) is 0 Å². The van der Waals surface area contributed by atoms with E-state index in [1.54, 1.807) is 25.3 Å². The number of methoxy groups -OCH3 is 2. The number of ether oxygens (including phenoxy) is 4. The summed E-state index contributed by atoms with van der Waals surface area (Å²) in [5.74, 6) is 0.911. The molecule has 0 atom stereocenters. The number of carbonyl (C=O) groups is 1. The van der Waals surface area contributed by atoms with Crippen molar-refractivity contribution in [3.8, 4) is 11.5 Å². The minimum atomic E-state index is -0.335. The molecule has 5 heteroatoms. The van der Waals surface area contributed by atoms with Crippen LogP contribution in [0.15, 0.2) is 18.2 Å². The van der Waals surface area contributed by atoms with Gasteiger partial charge in [0.05, 0.1) is 7.11 Å². The largest absolute Gasteiger partial charge is 0.497 e. The Morgan fingerprint density at radius 3 is 2.65 bits per heavy atom. The second kappa shape index (κ2) is 6.75. The highest BCUT2D eigenvalue weighted by Gasteiger charge is 2.07. The summed E-state index contributed by atoms with van der Waals surface area (Å²) in [6.07, 6.45) is 0. The van der Waals surface area contributed by atoms with Gasteiger partial charge in [-0.2, -0.15) is 0 Å². The Hall–Kier alpha value is -1.75. The summed E-state index contributed by atoms with van der Waals surface area (Å²) in [5, 5.41) is 0. The molecule has 0 saturated carbocycles. The van der Waals surface area contributed by atoms with Gasteiger partial charge >= 0.3 is 5.97 Å². The smallest absolute Gasteiger partial charge is 0.302 e. The molecule has 0 amide bonds. The summed E-state index contributed by atoms with van der Waals surface area (Å²) in [6, 6.07) is 5.28. The molecule has 94 valence electrons. The third kappa shape index (κ3) is 4.32. The van der Waals surface area contributed by atoms with Crippen LogP contribution in [0.3, 0.4) is 0 Å². The van der Waals surface area contributed by atoms with E-state index in [0.717, 1.165) is 5.56 Å². The number of rotatable bonds is 6. The van der Waals surface area contributed by atoms with Crippen LogP contribution in [-0.2, 0) is 20.9 Å². The van der Waals surface area contributed by atoms with E-state index in [2.05, 4.69) is 0 Å². The van der Waals surface area contributed by atoms with Gasteiger partial charge in [-0.05, 0) is 12.1 Å². The lowest BCUT2D eigenvalue weighted by Gasteiger charge is -2.12. The molecule has 0 aliphatic carbocycles. The van der Waals surface area contributed by atoms with Crippen molar-refractivity contribution in [1.82, 2.24) is 0 Å². The Bertz CT molecular complexity index is 375. The van der Waals surface area contributed by atoms with E-state index in [1.807, 2.05) is 0 Å². The lowest BCUT2D eigenvalue weighted by Crippen LogP contribution is -2.05. The van der Waals surface area contributed by atoms with Gasteiger partial charge in [0.1, 0.15) is 18.1 Å². The molecule has 0 aromatic heterocycles. The van der Waals surface area contributed by atoms with Crippen molar-refractivity contribution in [3.63, 3.8) is 0 Å². The molecule has 0 spiro atoms. The van der Waals surface area contributed by atoms with Crippen molar-refractivity contribution in [3.05, 3.63) is 23.8 Å². The van der Waals surface area contributed by atoms with Crippen molar-refractivity contribution < 1.29 is 23.7 Å². The molecule has 0 heterocycles. The van der Waals surface area contributed by atoms with Crippen LogP contribution in [0.25, 0.3) is 0 Å². The minimum Gasteiger partial charge on any atom is -0.497 e. The van der Waals surface area contributed by atoms with Gasteiger partial charge in [0.25, 0.3) is 0 Å². The lowest BCUT2D eigenvalue weighted by molar-refractivity contribution is -0.142. The molecule has 1 aromatic carbocycles. The highest BCUT2D eigenvalue weighted by atomic mass is 16.7. The molecular weight excluding hydrogens is 224 g/mol. The van der Waals surface area contributed by atoms with E-state index >= 15 is 0 Å². The zero-order valence-electron chi connectivity index (χ0n) is 10.2. The first kappa shape index (κ1) is 13.3. The van der Waals surface area contributed by atoms with Gasteiger partial charge in [-0.3, -0.25) is 4.79 Å². The molecule has 0 aliphatic heterocycles. The Morgan fingerprint density at radius 2 is 2.06 bits per heavy atom. The van der Waals surface area contributed by atoms with E-state index in [-0.39, 0.29) is 19.4 Å². The number of hydrogen-bond acceptors (Lipinski definition) is 5. The van der Waals surface area contributed by atoms with Crippen molar-refractivity contribution >= 4 is 5.97 Å². The Balaban J connectivity index is 2.81. The first-order chi connectivity index (χ1) is 8.17. The Kier molecular flexibility index (Phi) is 5.29. The van der Waals surface area contributed by atoms with E-state index in [4.69, 9.17) is 18.9 Å². The van der Waals surface area contributed by atoms with Gasteiger partial charge in [-0.25, -0.2) is 0 Å². The lowest BCUT2D eigenvalue weighted by atomic mass is 10.2. The molecule has 0 aliphatic rings. The highest BCUT2D eigenvalue weighted by molar-refractivity contribution is 5.66. The maximum Gasteiger partial charge on any atom is 0.302 e. The molecule has 0 bridgehead atoms. The maximum atomic E-state index is 10.8. The molecule has 0 saturated heterocycles. The zero-order valence-corrected chi connectivity index (χ0v) is 10.2. The normalized spacial score (nSPS) is 9.82. The predicted molar refractivity (Wildman–Crippen MR) is 61.0 cm³/mol. The van der Waals surface area contributed by atoms with Crippen molar-refractivity contribution in [2.24, 2.45) is 0 Å². The Morgan fingerprint density at radius 1 is 1.29 bits per heavy atom. The molecule has 0 unspecified atom stereocenters. The summed E-state index contributed by atoms with van der Waals surface area (Å²) >= 11 is 0. The second-order valence-corrected chi connectivity index (χ2v) is 3.30. The average Bonchev–Trinajstić information content (AvgIpc) is 2.34. The first-order valence-electron chi connectivity index (χ1n) is 5.09. The van der Waals surface area contributed by atoms with E-state index < -0.39 is 0 Å². The predicted octanol–water partition coefficient (Wildman–Crippen LogP) is 1.74. The standard InChI is InChI=1S/C12H16O5/c1-9(13)16-7-10-4-5-11(15-3)6-12(10)17-8-14-2/h4-6H,7-8H2,1-3H3. The molecular formula is C12H16O5. The number of hydrogen-bond donors (Lipinski definition) is 0. The quantitative estimate of drug-likeness (QED) is 0.560. The summed E-state index contributed by atoms with van der Waals surface area (Å²) in [6.45, 7) is 1.65. The molecule has 1 rings (SSSR count). The van der Waals surface area contributed by atoms with Gasteiger partial charge in [0, 0.05) is 25.7 Å². The average molecular weight is 240 g/mol. The van der Waals surface area contributed by atoms with Crippen LogP contribution >= 0.6 is 0 Å². The monoisotopic (exact) mass is 240 g/mol. The molecule has 1 aromatic rings. The third-order valence-electron chi connectivity index (χ3n) is 2.04. The summed E-state index contributed by atoms with van der Waals surface area (Å²) < 4.78 is 20.2. The Labute approximate surface area is 100 Å². The maximum absolute atomic E-state index is 10.8. The van der Waals surface area contributed by atoms with E-state index in [9.17, 15) is 4.79 Å². The number of esters is 1. The van der Waals surface area contributed by atoms with Crippen LogP contribution < -0.4 is 9.47 Å². The third-order valence-corrected chi connectivity index (χ3v) is 2.04. The fourth-order valence-electron chi connectivity index (χ4n) is 1.22. The van der Waals surface area contributed by atoms with Gasteiger partial charge in [-0.15, -0.1) is 0 Å². The van der Waals surface area contributed by atoms with E-state index in [0.29, 0.717) is 11.5 Å².